The van der Waals surface area contributed by atoms with Gasteiger partial charge in [-0.15, -0.1) is 0 Å². The van der Waals surface area contributed by atoms with Gasteiger partial charge in [-0.3, -0.25) is 14.5 Å². The number of carbonyl (C=O) groups excluding carboxylic acids is 2. The van der Waals surface area contributed by atoms with Gasteiger partial charge in [-0.05, 0) is 19.5 Å². The standard InChI is InChI=1S/C11H20N4O4/c12-9(16)6-8(11(18)19)14-10(17)7-15-4-1-2-13-3-5-15/h8,13H,1-7H2,(H2,12,16)(H,14,17)(H,18,19)/t8-/m1/s1. The Morgan fingerprint density at radius 2 is 2.05 bits per heavy atom. The van der Waals surface area contributed by atoms with Crippen molar-refractivity contribution >= 4 is 17.8 Å². The highest BCUT2D eigenvalue weighted by Crippen LogP contribution is 1.96. The largest absolute Gasteiger partial charge is 0.480 e. The molecular formula is C11H20N4O4. The molecule has 19 heavy (non-hydrogen) atoms. The van der Waals surface area contributed by atoms with Crippen molar-refractivity contribution in [3.63, 3.8) is 0 Å². The molecule has 2 amide bonds. The fourth-order valence-electron chi connectivity index (χ4n) is 1.90. The van der Waals surface area contributed by atoms with Crippen LogP contribution < -0.4 is 16.4 Å². The molecule has 0 aliphatic carbocycles. The maximum absolute atomic E-state index is 11.7. The van der Waals surface area contributed by atoms with Crippen LogP contribution in [0.3, 0.4) is 0 Å². The molecular weight excluding hydrogens is 252 g/mol. The van der Waals surface area contributed by atoms with Crippen LogP contribution in [0.1, 0.15) is 12.8 Å². The van der Waals surface area contributed by atoms with Crippen molar-refractivity contribution in [2.24, 2.45) is 5.73 Å². The van der Waals surface area contributed by atoms with Gasteiger partial charge < -0.3 is 21.5 Å². The Bertz CT molecular complexity index is 340. The van der Waals surface area contributed by atoms with E-state index in [-0.39, 0.29) is 6.54 Å². The van der Waals surface area contributed by atoms with Crippen LogP contribution >= 0.6 is 0 Å². The minimum absolute atomic E-state index is 0.129. The summed E-state index contributed by atoms with van der Waals surface area (Å²) in [6.45, 7) is 3.37. The molecule has 0 saturated carbocycles. The van der Waals surface area contributed by atoms with E-state index in [0.29, 0.717) is 0 Å². The zero-order chi connectivity index (χ0) is 14.3. The van der Waals surface area contributed by atoms with Gasteiger partial charge in [0.2, 0.25) is 11.8 Å². The molecule has 1 saturated heterocycles. The Labute approximate surface area is 111 Å². The first-order chi connectivity index (χ1) is 8.99. The molecule has 8 heteroatoms. The summed E-state index contributed by atoms with van der Waals surface area (Å²) in [5.41, 5.74) is 4.94. The fraction of sp³-hybridized carbons (Fsp3) is 0.727. The summed E-state index contributed by atoms with van der Waals surface area (Å²) in [6.07, 6.45) is 0.541. The van der Waals surface area contributed by atoms with Gasteiger partial charge in [0.05, 0.1) is 13.0 Å². The van der Waals surface area contributed by atoms with Crippen molar-refractivity contribution in [1.82, 2.24) is 15.5 Å². The van der Waals surface area contributed by atoms with Gasteiger partial charge in [-0.2, -0.15) is 0 Å². The number of nitrogens with zero attached hydrogens (tertiary/aromatic N) is 1. The summed E-state index contributed by atoms with van der Waals surface area (Å²) in [6, 6.07) is -1.25. The van der Waals surface area contributed by atoms with Gasteiger partial charge in [0, 0.05) is 13.1 Å². The normalized spacial score (nSPS) is 18.3. The monoisotopic (exact) mass is 272 g/mol. The summed E-state index contributed by atoms with van der Waals surface area (Å²) >= 11 is 0. The van der Waals surface area contributed by atoms with E-state index in [1.165, 1.54) is 0 Å². The van der Waals surface area contributed by atoms with E-state index in [2.05, 4.69) is 10.6 Å². The lowest BCUT2D eigenvalue weighted by Gasteiger charge is -2.20. The molecule has 1 aliphatic heterocycles. The first kappa shape index (κ1) is 15.4. The maximum Gasteiger partial charge on any atom is 0.326 e. The predicted molar refractivity (Wildman–Crippen MR) is 67.3 cm³/mol. The average Bonchev–Trinajstić information content (AvgIpc) is 2.56. The van der Waals surface area contributed by atoms with Crippen LogP contribution in [0.2, 0.25) is 0 Å². The third-order valence-electron chi connectivity index (χ3n) is 2.84. The molecule has 1 heterocycles. The second kappa shape index (κ2) is 7.70. The van der Waals surface area contributed by atoms with Crippen LogP contribution in [0.5, 0.6) is 0 Å². The van der Waals surface area contributed by atoms with E-state index in [4.69, 9.17) is 10.8 Å². The molecule has 0 bridgehead atoms. The van der Waals surface area contributed by atoms with E-state index in [1.807, 2.05) is 4.90 Å². The van der Waals surface area contributed by atoms with E-state index in [1.54, 1.807) is 0 Å². The second-order valence-corrected chi connectivity index (χ2v) is 4.51. The second-order valence-electron chi connectivity index (χ2n) is 4.51. The smallest absolute Gasteiger partial charge is 0.326 e. The van der Waals surface area contributed by atoms with Gasteiger partial charge >= 0.3 is 5.97 Å². The maximum atomic E-state index is 11.7. The number of hydrogen-bond donors (Lipinski definition) is 4. The van der Waals surface area contributed by atoms with Gasteiger partial charge in [0.25, 0.3) is 0 Å². The zero-order valence-electron chi connectivity index (χ0n) is 10.7. The fourth-order valence-corrected chi connectivity index (χ4v) is 1.90. The van der Waals surface area contributed by atoms with E-state index < -0.39 is 30.2 Å². The minimum Gasteiger partial charge on any atom is -0.480 e. The van der Waals surface area contributed by atoms with Gasteiger partial charge in [-0.1, -0.05) is 0 Å². The molecule has 1 aliphatic rings. The Kier molecular flexibility index (Phi) is 6.23. The van der Waals surface area contributed by atoms with Crippen molar-refractivity contribution in [1.29, 1.82) is 0 Å². The molecule has 0 aromatic heterocycles. The molecule has 5 N–H and O–H groups in total. The molecule has 0 aromatic rings. The Balaban J connectivity index is 2.42. The first-order valence-corrected chi connectivity index (χ1v) is 6.22. The number of carboxylic acid groups (broad SMARTS) is 1. The number of rotatable bonds is 6. The van der Waals surface area contributed by atoms with E-state index >= 15 is 0 Å². The van der Waals surface area contributed by atoms with Crippen LogP contribution in [0, 0.1) is 0 Å². The van der Waals surface area contributed by atoms with Crippen molar-refractivity contribution in [3.05, 3.63) is 0 Å². The van der Waals surface area contributed by atoms with Crippen LogP contribution in [-0.2, 0) is 14.4 Å². The number of carboxylic acids is 1. The Morgan fingerprint density at radius 1 is 1.32 bits per heavy atom. The zero-order valence-corrected chi connectivity index (χ0v) is 10.7. The van der Waals surface area contributed by atoms with Crippen molar-refractivity contribution in [2.75, 3.05) is 32.7 Å². The molecule has 1 rings (SSSR count). The summed E-state index contributed by atoms with van der Waals surface area (Å²) in [5.74, 6) is -2.42. The third kappa shape index (κ3) is 6.16. The van der Waals surface area contributed by atoms with E-state index in [0.717, 1.165) is 32.6 Å². The predicted octanol–water partition coefficient (Wildman–Crippen LogP) is -2.27. The van der Waals surface area contributed by atoms with Crippen molar-refractivity contribution in [3.8, 4) is 0 Å². The molecule has 0 spiro atoms. The number of nitrogens with two attached hydrogens (primary N) is 1. The molecule has 0 unspecified atom stereocenters. The molecule has 8 nitrogen and oxygen atoms in total. The summed E-state index contributed by atoms with van der Waals surface area (Å²) in [5, 5.41) is 14.4. The third-order valence-corrected chi connectivity index (χ3v) is 2.84. The van der Waals surface area contributed by atoms with Crippen LogP contribution in [0.15, 0.2) is 0 Å². The number of amides is 2. The summed E-state index contributed by atoms with van der Waals surface area (Å²) < 4.78 is 0. The summed E-state index contributed by atoms with van der Waals surface area (Å²) in [4.78, 5) is 35.3. The van der Waals surface area contributed by atoms with Gasteiger partial charge in [0.1, 0.15) is 6.04 Å². The van der Waals surface area contributed by atoms with Crippen molar-refractivity contribution in [2.45, 2.75) is 18.9 Å². The number of primary amides is 1. The van der Waals surface area contributed by atoms with E-state index in [9.17, 15) is 14.4 Å². The highest BCUT2D eigenvalue weighted by atomic mass is 16.4. The lowest BCUT2D eigenvalue weighted by molar-refractivity contribution is -0.143. The highest BCUT2D eigenvalue weighted by molar-refractivity contribution is 5.88. The number of carbonyl (C=O) groups is 3. The quantitative estimate of drug-likeness (QED) is 0.432. The van der Waals surface area contributed by atoms with Crippen LogP contribution in [-0.4, -0.2) is 66.6 Å². The summed E-state index contributed by atoms with van der Waals surface area (Å²) in [7, 11) is 0. The van der Waals surface area contributed by atoms with Gasteiger partial charge in [-0.25, -0.2) is 4.79 Å². The molecule has 0 aromatic carbocycles. The lowest BCUT2D eigenvalue weighted by Crippen LogP contribution is -2.47. The average molecular weight is 272 g/mol. The molecule has 108 valence electrons. The molecule has 0 radical (unpaired) electrons. The first-order valence-electron chi connectivity index (χ1n) is 6.22. The Morgan fingerprint density at radius 3 is 2.68 bits per heavy atom. The van der Waals surface area contributed by atoms with Crippen LogP contribution in [0.25, 0.3) is 0 Å². The number of aliphatic carboxylic acids is 1. The topological polar surface area (TPSA) is 125 Å². The van der Waals surface area contributed by atoms with Gasteiger partial charge in [0.15, 0.2) is 0 Å². The molecule has 1 atom stereocenters. The minimum atomic E-state index is -1.26. The Hall–Kier alpha value is -1.67. The van der Waals surface area contributed by atoms with Crippen LogP contribution in [0.4, 0.5) is 0 Å². The SMILES string of the molecule is NC(=O)C[C@@H](NC(=O)CN1CCCNCC1)C(=O)O. The highest BCUT2D eigenvalue weighted by Gasteiger charge is 2.23. The number of hydrogen-bond acceptors (Lipinski definition) is 5. The lowest BCUT2D eigenvalue weighted by atomic mass is 10.2. The number of nitrogens with one attached hydrogen (secondary N) is 2. The van der Waals surface area contributed by atoms with Crippen molar-refractivity contribution < 1.29 is 19.5 Å². The molecule has 1 fully saturated rings.